The minimum absolute atomic E-state index is 0.0942. The van der Waals surface area contributed by atoms with E-state index in [0.717, 1.165) is 30.6 Å². The summed E-state index contributed by atoms with van der Waals surface area (Å²) in [7, 11) is 0. The van der Waals surface area contributed by atoms with Gasteiger partial charge in [0.05, 0.1) is 4.88 Å². The van der Waals surface area contributed by atoms with E-state index in [1.54, 1.807) is 18.2 Å². The molecule has 5 heteroatoms. The van der Waals surface area contributed by atoms with Gasteiger partial charge >= 0.3 is 5.97 Å². The van der Waals surface area contributed by atoms with Crippen molar-refractivity contribution in [3.63, 3.8) is 0 Å². The summed E-state index contributed by atoms with van der Waals surface area (Å²) in [6, 6.07) is 8.81. The molecule has 1 aliphatic carbocycles. The Kier molecular flexibility index (Phi) is 4.39. The molecular weight excluding hydrogens is 312 g/mol. The first-order valence-corrected chi connectivity index (χ1v) is 8.29. The molecule has 0 N–H and O–H groups in total. The predicted molar refractivity (Wildman–Crippen MR) is 87.4 cm³/mol. The van der Waals surface area contributed by atoms with Gasteiger partial charge in [0.25, 0.3) is 0 Å². The van der Waals surface area contributed by atoms with E-state index in [4.69, 9.17) is 4.74 Å². The van der Waals surface area contributed by atoms with Crippen LogP contribution in [-0.2, 0) is 17.6 Å². The van der Waals surface area contributed by atoms with Gasteiger partial charge in [-0.2, -0.15) is 0 Å². The summed E-state index contributed by atoms with van der Waals surface area (Å²) < 4.78 is 5.07. The molecule has 118 valence electrons. The zero-order chi connectivity index (χ0) is 16.4. The van der Waals surface area contributed by atoms with Gasteiger partial charge in [-0.1, -0.05) is 12.1 Å². The van der Waals surface area contributed by atoms with Crippen LogP contribution >= 0.6 is 11.3 Å². The summed E-state index contributed by atoms with van der Waals surface area (Å²) in [5.74, 6) is -0.878. The molecule has 1 aromatic carbocycles. The van der Waals surface area contributed by atoms with Crippen molar-refractivity contribution >= 4 is 28.9 Å². The van der Waals surface area contributed by atoms with Crippen molar-refractivity contribution < 1.29 is 19.1 Å². The third-order valence-corrected chi connectivity index (χ3v) is 5.08. The molecule has 0 bridgehead atoms. The number of thiophene rings is 1. The number of hydrogen-bond donors (Lipinski definition) is 0. The summed E-state index contributed by atoms with van der Waals surface area (Å²) in [4.78, 5) is 36.2. The van der Waals surface area contributed by atoms with Gasteiger partial charge in [0, 0.05) is 5.56 Å². The molecule has 4 nitrogen and oxygen atoms in total. The van der Waals surface area contributed by atoms with Crippen LogP contribution in [0.25, 0.3) is 0 Å². The molecule has 0 aliphatic heterocycles. The lowest BCUT2D eigenvalue weighted by atomic mass is 10.0. The first-order chi connectivity index (χ1) is 11.0. The average Bonchev–Trinajstić information content (AvgIpc) is 3.20. The van der Waals surface area contributed by atoms with Gasteiger partial charge in [-0.3, -0.25) is 9.59 Å². The zero-order valence-electron chi connectivity index (χ0n) is 12.8. The lowest BCUT2D eigenvalue weighted by Gasteiger charge is -2.05. The van der Waals surface area contributed by atoms with E-state index >= 15 is 0 Å². The number of aryl methyl sites for hydroxylation is 2. The molecule has 23 heavy (non-hydrogen) atoms. The number of rotatable bonds is 5. The lowest BCUT2D eigenvalue weighted by Crippen LogP contribution is -2.13. The maximum atomic E-state index is 12.2. The largest absolute Gasteiger partial charge is 0.453 e. The first kappa shape index (κ1) is 15.6. The fourth-order valence-corrected chi connectivity index (χ4v) is 3.46. The summed E-state index contributed by atoms with van der Waals surface area (Å²) in [5, 5.41) is 0. The molecule has 0 saturated heterocycles. The van der Waals surface area contributed by atoms with Crippen molar-refractivity contribution in [3.8, 4) is 0 Å². The van der Waals surface area contributed by atoms with Crippen molar-refractivity contribution in [1.82, 2.24) is 0 Å². The molecule has 0 spiro atoms. The van der Waals surface area contributed by atoms with Gasteiger partial charge < -0.3 is 4.74 Å². The minimum Gasteiger partial charge on any atom is -0.453 e. The van der Waals surface area contributed by atoms with Crippen LogP contribution in [0.4, 0.5) is 0 Å². The summed E-state index contributed by atoms with van der Waals surface area (Å²) in [6.45, 7) is 1.16. The number of fused-ring (bicyclic) bond motifs is 1. The number of benzene rings is 1. The molecule has 0 atom stereocenters. The number of ether oxygens (including phenoxy) is 1. The zero-order valence-corrected chi connectivity index (χ0v) is 13.6. The molecule has 0 fully saturated rings. The quantitative estimate of drug-likeness (QED) is 0.623. The number of carbonyl (C=O) groups excluding carboxylic acids is 3. The van der Waals surface area contributed by atoms with Crippen LogP contribution in [0.1, 0.15) is 54.2 Å². The highest BCUT2D eigenvalue weighted by molar-refractivity contribution is 7.15. The second kappa shape index (κ2) is 6.46. The highest BCUT2D eigenvalue weighted by Gasteiger charge is 2.17. The van der Waals surface area contributed by atoms with E-state index in [0.29, 0.717) is 15.3 Å². The van der Waals surface area contributed by atoms with E-state index in [-0.39, 0.29) is 18.2 Å². The smallest absolute Gasteiger partial charge is 0.348 e. The molecule has 3 rings (SSSR count). The van der Waals surface area contributed by atoms with Crippen molar-refractivity contribution in [2.24, 2.45) is 0 Å². The van der Waals surface area contributed by atoms with E-state index in [1.807, 2.05) is 12.1 Å². The Bertz CT molecular complexity index is 788. The lowest BCUT2D eigenvalue weighted by molar-refractivity contribution is 0.0479. The molecule has 0 radical (unpaired) electrons. The van der Waals surface area contributed by atoms with E-state index in [9.17, 15) is 14.4 Å². The van der Waals surface area contributed by atoms with Crippen LogP contribution in [-0.4, -0.2) is 24.1 Å². The second-order valence-electron chi connectivity index (χ2n) is 5.56. The van der Waals surface area contributed by atoms with Crippen LogP contribution in [0.2, 0.25) is 0 Å². The van der Waals surface area contributed by atoms with Crippen LogP contribution in [0.5, 0.6) is 0 Å². The van der Waals surface area contributed by atoms with Gasteiger partial charge in [-0.15, -0.1) is 11.3 Å². The summed E-state index contributed by atoms with van der Waals surface area (Å²) in [5.41, 5.74) is 3.09. The predicted octanol–water partition coefficient (Wildman–Crippen LogP) is 3.48. The van der Waals surface area contributed by atoms with Gasteiger partial charge in [0.1, 0.15) is 4.88 Å². The van der Waals surface area contributed by atoms with E-state index in [2.05, 4.69) is 0 Å². The molecule has 2 aromatic rings. The van der Waals surface area contributed by atoms with Crippen LogP contribution in [0, 0.1) is 0 Å². The Morgan fingerprint density at radius 2 is 1.78 bits per heavy atom. The average molecular weight is 328 g/mol. The van der Waals surface area contributed by atoms with Crippen molar-refractivity contribution in [3.05, 3.63) is 56.8 Å². The normalized spacial score (nSPS) is 12.7. The van der Waals surface area contributed by atoms with Gasteiger partial charge in [0.15, 0.2) is 18.2 Å². The second-order valence-corrected chi connectivity index (χ2v) is 6.64. The number of Topliss-reactive ketones (excluding diaryl/α,β-unsaturated/α-hetero) is 2. The summed E-state index contributed by atoms with van der Waals surface area (Å²) >= 11 is 1.08. The molecule has 0 unspecified atom stereocenters. The Labute approximate surface area is 138 Å². The van der Waals surface area contributed by atoms with Gasteiger partial charge in [0.2, 0.25) is 0 Å². The van der Waals surface area contributed by atoms with Crippen LogP contribution in [0.3, 0.4) is 0 Å². The van der Waals surface area contributed by atoms with Gasteiger partial charge in [-0.05, 0) is 55.5 Å². The number of hydrogen-bond acceptors (Lipinski definition) is 5. The third-order valence-electron chi connectivity index (χ3n) is 3.91. The Balaban J connectivity index is 1.62. The standard InChI is InChI=1S/C18H16O4S/c1-11(19)16-7-8-17(23-16)18(21)22-10-15(20)14-6-5-12-3-2-4-13(12)9-14/h5-9H,2-4,10H2,1H3. The van der Waals surface area contributed by atoms with Crippen LogP contribution < -0.4 is 0 Å². The molecule has 1 heterocycles. The SMILES string of the molecule is CC(=O)c1ccc(C(=O)OCC(=O)c2ccc3c(c2)CCC3)s1. The Morgan fingerprint density at radius 1 is 1.04 bits per heavy atom. The van der Waals surface area contributed by atoms with E-state index in [1.165, 1.54) is 18.1 Å². The number of ketones is 2. The number of esters is 1. The highest BCUT2D eigenvalue weighted by atomic mass is 32.1. The van der Waals surface area contributed by atoms with Crippen molar-refractivity contribution in [1.29, 1.82) is 0 Å². The topological polar surface area (TPSA) is 60.4 Å². The number of carbonyl (C=O) groups is 3. The third kappa shape index (κ3) is 3.40. The van der Waals surface area contributed by atoms with Crippen molar-refractivity contribution in [2.75, 3.05) is 6.61 Å². The van der Waals surface area contributed by atoms with Crippen molar-refractivity contribution in [2.45, 2.75) is 26.2 Å². The molecule has 1 aliphatic rings. The maximum absolute atomic E-state index is 12.2. The highest BCUT2D eigenvalue weighted by Crippen LogP contribution is 2.23. The monoisotopic (exact) mass is 328 g/mol. The molecule has 0 amide bonds. The molecule has 0 saturated carbocycles. The Morgan fingerprint density at radius 3 is 2.52 bits per heavy atom. The maximum Gasteiger partial charge on any atom is 0.348 e. The first-order valence-electron chi connectivity index (χ1n) is 7.47. The fraction of sp³-hybridized carbons (Fsp3) is 0.278. The Hall–Kier alpha value is -2.27. The van der Waals surface area contributed by atoms with E-state index < -0.39 is 5.97 Å². The molecule has 1 aromatic heterocycles. The minimum atomic E-state index is -0.572. The fourth-order valence-electron chi connectivity index (χ4n) is 2.67. The van der Waals surface area contributed by atoms with Gasteiger partial charge in [-0.25, -0.2) is 4.79 Å². The van der Waals surface area contributed by atoms with Crippen LogP contribution in [0.15, 0.2) is 30.3 Å². The molecular formula is C18H16O4S. The summed E-state index contributed by atoms with van der Waals surface area (Å²) in [6.07, 6.45) is 3.19.